The number of pyridine rings is 2. The SMILES string of the molecule is Cc1cc(C(=O)NCc2ccccn2)c2cc(F)ccc2n1. The smallest absolute Gasteiger partial charge is 0.252 e. The Morgan fingerprint density at radius 2 is 2.09 bits per heavy atom. The van der Waals surface area contributed by atoms with Crippen LogP contribution in [0.5, 0.6) is 0 Å². The number of hydrogen-bond acceptors (Lipinski definition) is 3. The number of amides is 1. The lowest BCUT2D eigenvalue weighted by Gasteiger charge is -2.09. The van der Waals surface area contributed by atoms with Gasteiger partial charge in [0, 0.05) is 17.3 Å². The third-order valence-electron chi connectivity index (χ3n) is 3.30. The summed E-state index contributed by atoms with van der Waals surface area (Å²) >= 11 is 0. The average Bonchev–Trinajstić information content (AvgIpc) is 2.53. The minimum atomic E-state index is -0.392. The van der Waals surface area contributed by atoms with Gasteiger partial charge >= 0.3 is 0 Å². The Morgan fingerprint density at radius 1 is 1.23 bits per heavy atom. The van der Waals surface area contributed by atoms with Gasteiger partial charge in [0.05, 0.1) is 23.3 Å². The van der Waals surface area contributed by atoms with Crippen molar-refractivity contribution >= 4 is 16.8 Å². The highest BCUT2D eigenvalue weighted by atomic mass is 19.1. The first-order chi connectivity index (χ1) is 10.6. The molecule has 0 atom stereocenters. The Morgan fingerprint density at radius 3 is 2.86 bits per heavy atom. The fourth-order valence-electron chi connectivity index (χ4n) is 2.29. The molecule has 2 heterocycles. The summed E-state index contributed by atoms with van der Waals surface area (Å²) < 4.78 is 13.5. The maximum atomic E-state index is 13.5. The number of hydrogen-bond donors (Lipinski definition) is 1. The van der Waals surface area contributed by atoms with E-state index in [9.17, 15) is 9.18 Å². The quantitative estimate of drug-likeness (QED) is 0.808. The van der Waals surface area contributed by atoms with E-state index in [-0.39, 0.29) is 5.91 Å². The highest BCUT2D eigenvalue weighted by Crippen LogP contribution is 2.19. The van der Waals surface area contributed by atoms with Crippen molar-refractivity contribution in [2.75, 3.05) is 0 Å². The second-order valence-corrected chi connectivity index (χ2v) is 4.98. The van der Waals surface area contributed by atoms with Crippen molar-refractivity contribution < 1.29 is 9.18 Å². The van der Waals surface area contributed by atoms with Crippen molar-refractivity contribution in [1.82, 2.24) is 15.3 Å². The number of nitrogens with one attached hydrogen (secondary N) is 1. The van der Waals surface area contributed by atoms with E-state index in [2.05, 4.69) is 15.3 Å². The minimum absolute atomic E-state index is 0.272. The fraction of sp³-hybridized carbons (Fsp3) is 0.118. The molecule has 0 radical (unpaired) electrons. The number of benzene rings is 1. The molecule has 0 unspecified atom stereocenters. The van der Waals surface area contributed by atoms with Crippen molar-refractivity contribution in [2.45, 2.75) is 13.5 Å². The molecule has 3 rings (SSSR count). The van der Waals surface area contributed by atoms with E-state index in [0.29, 0.717) is 28.7 Å². The van der Waals surface area contributed by atoms with Crippen LogP contribution < -0.4 is 5.32 Å². The van der Waals surface area contributed by atoms with E-state index in [0.717, 1.165) is 5.69 Å². The van der Waals surface area contributed by atoms with Gasteiger partial charge in [-0.25, -0.2) is 4.39 Å². The van der Waals surface area contributed by atoms with Crippen LogP contribution >= 0.6 is 0 Å². The summed E-state index contributed by atoms with van der Waals surface area (Å²) in [6.45, 7) is 2.12. The Bertz CT molecular complexity index is 834. The van der Waals surface area contributed by atoms with E-state index >= 15 is 0 Å². The zero-order valence-electron chi connectivity index (χ0n) is 12.0. The second kappa shape index (κ2) is 5.89. The summed E-state index contributed by atoms with van der Waals surface area (Å²) in [6, 6.07) is 11.4. The van der Waals surface area contributed by atoms with Crippen molar-refractivity contribution in [3.8, 4) is 0 Å². The Kier molecular flexibility index (Phi) is 3.78. The summed E-state index contributed by atoms with van der Waals surface area (Å²) in [6.07, 6.45) is 1.67. The minimum Gasteiger partial charge on any atom is -0.346 e. The fourth-order valence-corrected chi connectivity index (χ4v) is 2.29. The number of nitrogens with zero attached hydrogens (tertiary/aromatic N) is 2. The molecular weight excluding hydrogens is 281 g/mol. The molecular formula is C17H14FN3O. The van der Waals surface area contributed by atoms with Crippen LogP contribution in [0.2, 0.25) is 0 Å². The monoisotopic (exact) mass is 295 g/mol. The van der Waals surface area contributed by atoms with Crippen LogP contribution in [0.15, 0.2) is 48.7 Å². The second-order valence-electron chi connectivity index (χ2n) is 4.98. The zero-order valence-corrected chi connectivity index (χ0v) is 12.0. The van der Waals surface area contributed by atoms with Crippen molar-refractivity contribution in [1.29, 1.82) is 0 Å². The molecule has 1 N–H and O–H groups in total. The zero-order chi connectivity index (χ0) is 15.5. The topological polar surface area (TPSA) is 54.9 Å². The van der Waals surface area contributed by atoms with Gasteiger partial charge in [-0.05, 0) is 43.3 Å². The first kappa shape index (κ1) is 14.1. The molecule has 3 aromatic rings. The maximum absolute atomic E-state index is 13.5. The maximum Gasteiger partial charge on any atom is 0.252 e. The van der Waals surface area contributed by atoms with Gasteiger partial charge in [0.1, 0.15) is 5.82 Å². The lowest BCUT2D eigenvalue weighted by molar-refractivity contribution is 0.0952. The van der Waals surface area contributed by atoms with Crippen LogP contribution in [0.25, 0.3) is 10.9 Å². The van der Waals surface area contributed by atoms with Crippen LogP contribution in [-0.2, 0) is 6.54 Å². The van der Waals surface area contributed by atoms with Crippen LogP contribution in [-0.4, -0.2) is 15.9 Å². The lowest BCUT2D eigenvalue weighted by Crippen LogP contribution is -2.23. The molecule has 1 amide bonds. The van der Waals surface area contributed by atoms with E-state index in [1.54, 1.807) is 25.3 Å². The Balaban J connectivity index is 1.91. The number of rotatable bonds is 3. The van der Waals surface area contributed by atoms with Gasteiger partial charge in [-0.2, -0.15) is 0 Å². The number of aromatic nitrogens is 2. The number of carbonyl (C=O) groups excluding carboxylic acids is 1. The van der Waals surface area contributed by atoms with E-state index in [4.69, 9.17) is 0 Å². The summed E-state index contributed by atoms with van der Waals surface area (Å²) in [5.41, 5.74) is 2.49. The average molecular weight is 295 g/mol. The molecule has 22 heavy (non-hydrogen) atoms. The summed E-state index contributed by atoms with van der Waals surface area (Å²) in [7, 11) is 0. The van der Waals surface area contributed by atoms with E-state index < -0.39 is 5.82 Å². The molecule has 5 heteroatoms. The number of carbonyl (C=O) groups is 1. The third kappa shape index (κ3) is 2.93. The molecule has 110 valence electrons. The lowest BCUT2D eigenvalue weighted by atomic mass is 10.1. The highest BCUT2D eigenvalue weighted by Gasteiger charge is 2.12. The van der Waals surface area contributed by atoms with Gasteiger partial charge in [0.2, 0.25) is 0 Å². The molecule has 0 aliphatic rings. The van der Waals surface area contributed by atoms with Crippen LogP contribution in [0.1, 0.15) is 21.7 Å². The van der Waals surface area contributed by atoms with Crippen molar-refractivity contribution in [2.24, 2.45) is 0 Å². The standard InChI is InChI=1S/C17H14FN3O/c1-11-8-15(14-9-12(18)5-6-16(14)21-11)17(22)20-10-13-4-2-3-7-19-13/h2-9H,10H2,1H3,(H,20,22). The first-order valence-corrected chi connectivity index (χ1v) is 6.88. The third-order valence-corrected chi connectivity index (χ3v) is 3.30. The van der Waals surface area contributed by atoms with Gasteiger partial charge in [0.25, 0.3) is 5.91 Å². The molecule has 0 aliphatic carbocycles. The van der Waals surface area contributed by atoms with Gasteiger partial charge < -0.3 is 5.32 Å². The van der Waals surface area contributed by atoms with E-state index in [1.165, 1.54) is 12.1 Å². The number of aryl methyl sites for hydroxylation is 1. The van der Waals surface area contributed by atoms with Crippen LogP contribution in [0, 0.1) is 12.7 Å². The van der Waals surface area contributed by atoms with Crippen LogP contribution in [0.3, 0.4) is 0 Å². The van der Waals surface area contributed by atoms with Gasteiger partial charge in [-0.3, -0.25) is 14.8 Å². The molecule has 0 spiro atoms. The molecule has 0 fully saturated rings. The predicted octanol–water partition coefficient (Wildman–Crippen LogP) is 3.01. The number of fused-ring (bicyclic) bond motifs is 1. The summed E-state index contributed by atoms with van der Waals surface area (Å²) in [5, 5.41) is 3.31. The predicted molar refractivity (Wildman–Crippen MR) is 81.8 cm³/mol. The molecule has 0 aliphatic heterocycles. The van der Waals surface area contributed by atoms with Gasteiger partial charge in [-0.15, -0.1) is 0 Å². The van der Waals surface area contributed by atoms with Crippen molar-refractivity contribution in [3.63, 3.8) is 0 Å². The highest BCUT2D eigenvalue weighted by molar-refractivity contribution is 6.06. The van der Waals surface area contributed by atoms with Crippen molar-refractivity contribution in [3.05, 3.63) is 71.4 Å². The van der Waals surface area contributed by atoms with Gasteiger partial charge in [0.15, 0.2) is 0 Å². The normalized spacial score (nSPS) is 10.6. The Labute approximate surface area is 127 Å². The molecule has 0 bridgehead atoms. The van der Waals surface area contributed by atoms with Crippen LogP contribution in [0.4, 0.5) is 4.39 Å². The number of halogens is 1. The first-order valence-electron chi connectivity index (χ1n) is 6.88. The molecule has 0 saturated carbocycles. The molecule has 4 nitrogen and oxygen atoms in total. The summed E-state index contributed by atoms with van der Waals surface area (Å²) in [4.78, 5) is 20.9. The van der Waals surface area contributed by atoms with E-state index in [1.807, 2.05) is 18.2 Å². The molecule has 0 saturated heterocycles. The largest absolute Gasteiger partial charge is 0.346 e. The Hall–Kier alpha value is -2.82. The van der Waals surface area contributed by atoms with Gasteiger partial charge in [-0.1, -0.05) is 6.07 Å². The molecule has 2 aromatic heterocycles. The summed E-state index contributed by atoms with van der Waals surface area (Å²) in [5.74, 6) is -0.663. The molecule has 1 aromatic carbocycles.